The first-order valence-corrected chi connectivity index (χ1v) is 8.21. The number of rotatable bonds is 3. The summed E-state index contributed by atoms with van der Waals surface area (Å²) < 4.78 is 6.81. The zero-order valence-electron chi connectivity index (χ0n) is 10.3. The van der Waals surface area contributed by atoms with Gasteiger partial charge in [0.25, 0.3) is 0 Å². The number of carboxylic acids is 1. The summed E-state index contributed by atoms with van der Waals surface area (Å²) in [5, 5.41) is 9.87. The van der Waals surface area contributed by atoms with Gasteiger partial charge in [-0.15, -0.1) is 11.3 Å². The molecule has 106 valence electrons. The second-order valence-corrected chi connectivity index (χ2v) is 6.67. The molecule has 0 saturated carbocycles. The van der Waals surface area contributed by atoms with Crippen LogP contribution >= 0.6 is 43.2 Å². The topological polar surface area (TPSA) is 63.3 Å². The lowest BCUT2D eigenvalue weighted by Gasteiger charge is -1.97. The van der Waals surface area contributed by atoms with E-state index in [9.17, 15) is 9.90 Å². The minimum Gasteiger partial charge on any atom is -0.476 e. The molecule has 0 amide bonds. The molecule has 0 atom stereocenters. The molecule has 0 aliphatic rings. The third kappa shape index (κ3) is 2.81. The molecule has 2 heterocycles. The number of hydrogen-bond acceptors (Lipinski definition) is 4. The summed E-state index contributed by atoms with van der Waals surface area (Å²) in [5.74, 6) is -0.538. The number of hydrogen-bond donors (Lipinski definition) is 1. The fraction of sp³-hybridized carbons (Fsp3) is 0. The molecule has 0 fully saturated rings. The van der Waals surface area contributed by atoms with Crippen LogP contribution in [0.5, 0.6) is 0 Å². The highest BCUT2D eigenvalue weighted by molar-refractivity contribution is 9.13. The largest absolute Gasteiger partial charge is 0.476 e. The number of halogens is 2. The van der Waals surface area contributed by atoms with Crippen LogP contribution in [-0.4, -0.2) is 16.1 Å². The van der Waals surface area contributed by atoms with Crippen LogP contribution in [0.4, 0.5) is 0 Å². The lowest BCUT2D eigenvalue weighted by atomic mass is 10.1. The molecule has 3 aromatic rings. The third-order valence-electron chi connectivity index (χ3n) is 2.72. The van der Waals surface area contributed by atoms with Crippen molar-refractivity contribution >= 4 is 49.2 Å². The van der Waals surface area contributed by atoms with Gasteiger partial charge in [-0.1, -0.05) is 30.3 Å². The van der Waals surface area contributed by atoms with Gasteiger partial charge in [0.05, 0.1) is 9.35 Å². The van der Waals surface area contributed by atoms with Crippen molar-refractivity contribution in [2.45, 2.75) is 0 Å². The molecule has 0 aliphatic carbocycles. The highest BCUT2D eigenvalue weighted by Gasteiger charge is 2.21. The zero-order chi connectivity index (χ0) is 15.0. The first-order valence-electron chi connectivity index (χ1n) is 5.81. The fourth-order valence-electron chi connectivity index (χ4n) is 1.81. The van der Waals surface area contributed by atoms with Crippen LogP contribution in [-0.2, 0) is 0 Å². The lowest BCUT2D eigenvalue weighted by molar-refractivity contribution is 0.0692. The van der Waals surface area contributed by atoms with Gasteiger partial charge in [0.2, 0.25) is 0 Å². The predicted molar refractivity (Wildman–Crippen MR) is 87.6 cm³/mol. The minimum absolute atomic E-state index is 0.0323. The fourth-order valence-corrected chi connectivity index (χ4v) is 3.40. The summed E-state index contributed by atoms with van der Waals surface area (Å²) >= 11 is 7.88. The van der Waals surface area contributed by atoms with E-state index in [1.165, 1.54) is 11.3 Å². The monoisotopic (exact) mass is 427 g/mol. The smallest absolute Gasteiger partial charge is 0.356 e. The molecular formula is C14H7Br2NO3S. The van der Waals surface area contributed by atoms with Crippen LogP contribution in [0.2, 0.25) is 0 Å². The van der Waals surface area contributed by atoms with Gasteiger partial charge >= 0.3 is 5.97 Å². The van der Waals surface area contributed by atoms with E-state index in [2.05, 4.69) is 36.8 Å². The van der Waals surface area contributed by atoms with Crippen molar-refractivity contribution in [2.24, 2.45) is 0 Å². The second-order valence-electron chi connectivity index (χ2n) is 4.10. The summed E-state index contributed by atoms with van der Waals surface area (Å²) in [6.45, 7) is 0. The normalized spacial score (nSPS) is 10.8. The molecule has 0 saturated heterocycles. The molecule has 7 heteroatoms. The van der Waals surface area contributed by atoms with E-state index in [-0.39, 0.29) is 5.69 Å². The van der Waals surface area contributed by atoms with Crippen LogP contribution in [0.3, 0.4) is 0 Å². The number of aromatic nitrogens is 1. The van der Waals surface area contributed by atoms with Crippen LogP contribution in [0.15, 0.2) is 50.0 Å². The molecule has 21 heavy (non-hydrogen) atoms. The molecule has 0 radical (unpaired) electrons. The van der Waals surface area contributed by atoms with Gasteiger partial charge in [0, 0.05) is 6.07 Å². The number of carboxylic acid groups (broad SMARTS) is 1. The first-order chi connectivity index (χ1) is 10.1. The van der Waals surface area contributed by atoms with Gasteiger partial charge in [0.15, 0.2) is 21.1 Å². The van der Waals surface area contributed by atoms with Gasteiger partial charge in [-0.2, -0.15) is 0 Å². The van der Waals surface area contributed by atoms with E-state index in [0.717, 1.165) is 10.0 Å². The predicted octanol–water partition coefficient (Wildman–Crippen LogP) is 5.29. The molecule has 0 unspecified atom stereocenters. The maximum Gasteiger partial charge on any atom is 0.356 e. The maximum atomic E-state index is 11.4. The Morgan fingerprint density at radius 1 is 1.24 bits per heavy atom. The van der Waals surface area contributed by atoms with Crippen molar-refractivity contribution in [3.63, 3.8) is 0 Å². The second kappa shape index (κ2) is 5.75. The van der Waals surface area contributed by atoms with E-state index in [1.54, 1.807) is 6.07 Å². The molecule has 2 aromatic heterocycles. The van der Waals surface area contributed by atoms with Crippen LogP contribution in [0.25, 0.3) is 21.2 Å². The Hall–Kier alpha value is -1.44. The van der Waals surface area contributed by atoms with E-state index < -0.39 is 5.97 Å². The Balaban J connectivity index is 2.15. The van der Waals surface area contributed by atoms with E-state index in [1.807, 2.05) is 30.3 Å². The lowest BCUT2D eigenvalue weighted by Crippen LogP contribution is -1.98. The Kier molecular flexibility index (Phi) is 3.97. The van der Waals surface area contributed by atoms with Crippen LogP contribution in [0.1, 0.15) is 10.5 Å². The number of aromatic carboxylic acids is 1. The number of thiazole rings is 1. The Labute approximate surface area is 140 Å². The van der Waals surface area contributed by atoms with Crippen molar-refractivity contribution in [3.8, 4) is 21.2 Å². The summed E-state index contributed by atoms with van der Waals surface area (Å²) in [6.07, 6.45) is 0. The minimum atomic E-state index is -1.05. The quantitative estimate of drug-likeness (QED) is 0.615. The summed E-state index contributed by atoms with van der Waals surface area (Å²) in [7, 11) is 0. The highest BCUT2D eigenvalue weighted by atomic mass is 79.9. The van der Waals surface area contributed by atoms with Crippen molar-refractivity contribution in [1.82, 2.24) is 4.98 Å². The van der Waals surface area contributed by atoms with Crippen LogP contribution < -0.4 is 0 Å². The number of benzene rings is 1. The Morgan fingerprint density at radius 2 is 1.95 bits per heavy atom. The first kappa shape index (κ1) is 14.5. The average Bonchev–Trinajstić information content (AvgIpc) is 3.05. The molecule has 0 bridgehead atoms. The van der Waals surface area contributed by atoms with Gasteiger partial charge < -0.3 is 9.52 Å². The van der Waals surface area contributed by atoms with Crippen molar-refractivity contribution in [3.05, 3.63) is 51.2 Å². The summed E-state index contributed by atoms with van der Waals surface area (Å²) in [6, 6.07) is 11.1. The molecule has 0 spiro atoms. The van der Waals surface area contributed by atoms with Crippen molar-refractivity contribution in [2.75, 3.05) is 0 Å². The van der Waals surface area contributed by atoms with Gasteiger partial charge in [-0.05, 0) is 37.4 Å². The van der Waals surface area contributed by atoms with Crippen molar-refractivity contribution in [1.29, 1.82) is 0 Å². The number of carbonyl (C=O) groups is 1. The van der Waals surface area contributed by atoms with E-state index in [0.29, 0.717) is 20.3 Å². The standard InChI is InChI=1S/C14H7Br2NO3S/c15-8-6-9(20-12(8)16)13-17-10(14(18)19)11(21-13)7-4-2-1-3-5-7/h1-6H,(H,18,19). The van der Waals surface area contributed by atoms with Crippen LogP contribution in [0, 0.1) is 0 Å². The van der Waals surface area contributed by atoms with E-state index >= 15 is 0 Å². The molecule has 0 aliphatic heterocycles. The van der Waals surface area contributed by atoms with Crippen molar-refractivity contribution < 1.29 is 14.3 Å². The van der Waals surface area contributed by atoms with Gasteiger partial charge in [-0.3, -0.25) is 0 Å². The maximum absolute atomic E-state index is 11.4. The highest BCUT2D eigenvalue weighted by Crippen LogP contribution is 2.39. The molecular weight excluding hydrogens is 422 g/mol. The Morgan fingerprint density at radius 3 is 2.52 bits per heavy atom. The number of nitrogens with zero attached hydrogens (tertiary/aromatic N) is 1. The summed E-state index contributed by atoms with van der Waals surface area (Å²) in [5.41, 5.74) is 0.855. The van der Waals surface area contributed by atoms with E-state index in [4.69, 9.17) is 4.42 Å². The SMILES string of the molecule is O=C(O)c1nc(-c2cc(Br)c(Br)o2)sc1-c1ccccc1. The summed E-state index contributed by atoms with van der Waals surface area (Å²) in [4.78, 5) is 16.2. The Bertz CT molecular complexity index is 791. The van der Waals surface area contributed by atoms with Gasteiger partial charge in [0.1, 0.15) is 0 Å². The molecule has 3 rings (SSSR count). The molecule has 4 nitrogen and oxygen atoms in total. The van der Waals surface area contributed by atoms with Gasteiger partial charge in [-0.25, -0.2) is 9.78 Å². The average molecular weight is 429 g/mol. The zero-order valence-corrected chi connectivity index (χ0v) is 14.3. The molecule has 1 N–H and O–H groups in total. The number of furan rings is 1. The third-order valence-corrected chi connectivity index (χ3v) is 5.55. The molecule has 1 aromatic carbocycles.